The Hall–Kier alpha value is -1.86. The summed E-state index contributed by atoms with van der Waals surface area (Å²) in [6, 6.07) is 13.8. The molecule has 0 saturated carbocycles. The Morgan fingerprint density at radius 3 is 2.83 bits per heavy atom. The third kappa shape index (κ3) is 3.08. The van der Waals surface area contributed by atoms with Gasteiger partial charge in [0.05, 0.1) is 11.6 Å². The SMILES string of the molecule is N#Cc1cccc(NCc2cc(F)ccc2Br)c1. The van der Waals surface area contributed by atoms with Gasteiger partial charge in [0.15, 0.2) is 0 Å². The van der Waals surface area contributed by atoms with Gasteiger partial charge in [0.25, 0.3) is 0 Å². The topological polar surface area (TPSA) is 35.8 Å². The summed E-state index contributed by atoms with van der Waals surface area (Å²) in [5.41, 5.74) is 2.26. The molecule has 0 saturated heterocycles. The molecule has 4 heteroatoms. The van der Waals surface area contributed by atoms with Crippen molar-refractivity contribution in [2.45, 2.75) is 6.54 Å². The third-order valence-electron chi connectivity index (χ3n) is 2.48. The first-order chi connectivity index (χ1) is 8.69. The Morgan fingerprint density at radius 2 is 2.06 bits per heavy atom. The fourth-order valence-corrected chi connectivity index (χ4v) is 1.96. The van der Waals surface area contributed by atoms with E-state index in [4.69, 9.17) is 5.26 Å². The Kier molecular flexibility index (Phi) is 3.96. The summed E-state index contributed by atoms with van der Waals surface area (Å²) < 4.78 is 14.0. The highest BCUT2D eigenvalue weighted by atomic mass is 79.9. The quantitative estimate of drug-likeness (QED) is 0.927. The second-order valence-electron chi connectivity index (χ2n) is 3.78. The normalized spacial score (nSPS) is 9.83. The van der Waals surface area contributed by atoms with E-state index in [0.29, 0.717) is 12.1 Å². The number of halogens is 2. The Bertz CT molecular complexity index is 605. The molecule has 2 rings (SSSR count). The van der Waals surface area contributed by atoms with Crippen LogP contribution in [0.4, 0.5) is 10.1 Å². The summed E-state index contributed by atoms with van der Waals surface area (Å²) in [5.74, 6) is -0.263. The third-order valence-corrected chi connectivity index (χ3v) is 3.26. The molecule has 0 heterocycles. The molecule has 2 aromatic rings. The molecule has 0 aliphatic heterocycles. The van der Waals surface area contributed by atoms with Gasteiger partial charge in [-0.3, -0.25) is 0 Å². The van der Waals surface area contributed by atoms with E-state index < -0.39 is 0 Å². The minimum Gasteiger partial charge on any atom is -0.381 e. The van der Waals surface area contributed by atoms with Crippen molar-refractivity contribution >= 4 is 21.6 Å². The van der Waals surface area contributed by atoms with E-state index in [1.54, 1.807) is 18.2 Å². The van der Waals surface area contributed by atoms with Crippen LogP contribution in [0.3, 0.4) is 0 Å². The zero-order valence-corrected chi connectivity index (χ0v) is 11.0. The van der Waals surface area contributed by atoms with Crippen LogP contribution < -0.4 is 5.32 Å². The van der Waals surface area contributed by atoms with Gasteiger partial charge in [0.1, 0.15) is 5.82 Å². The van der Waals surface area contributed by atoms with Crippen LogP contribution in [0.25, 0.3) is 0 Å². The van der Waals surface area contributed by atoms with Crippen molar-refractivity contribution in [2.75, 3.05) is 5.32 Å². The smallest absolute Gasteiger partial charge is 0.123 e. The highest BCUT2D eigenvalue weighted by Crippen LogP contribution is 2.19. The number of nitriles is 1. The lowest BCUT2D eigenvalue weighted by atomic mass is 10.2. The van der Waals surface area contributed by atoms with Crippen LogP contribution >= 0.6 is 15.9 Å². The monoisotopic (exact) mass is 304 g/mol. The molecule has 0 bridgehead atoms. The van der Waals surface area contributed by atoms with E-state index in [0.717, 1.165) is 15.7 Å². The van der Waals surface area contributed by atoms with Crippen molar-refractivity contribution < 1.29 is 4.39 Å². The van der Waals surface area contributed by atoms with Gasteiger partial charge < -0.3 is 5.32 Å². The number of nitrogens with zero attached hydrogens (tertiary/aromatic N) is 1. The summed E-state index contributed by atoms with van der Waals surface area (Å²) >= 11 is 3.37. The van der Waals surface area contributed by atoms with Crippen molar-refractivity contribution in [3.63, 3.8) is 0 Å². The maximum atomic E-state index is 13.1. The molecule has 0 aromatic heterocycles. The van der Waals surface area contributed by atoms with Gasteiger partial charge in [-0.15, -0.1) is 0 Å². The highest BCUT2D eigenvalue weighted by Gasteiger charge is 2.02. The van der Waals surface area contributed by atoms with E-state index in [1.165, 1.54) is 12.1 Å². The molecular formula is C14H10BrFN2. The van der Waals surface area contributed by atoms with Crippen molar-refractivity contribution in [1.82, 2.24) is 0 Å². The molecule has 0 radical (unpaired) electrons. The largest absolute Gasteiger partial charge is 0.381 e. The molecule has 90 valence electrons. The number of benzene rings is 2. The van der Waals surface area contributed by atoms with Crippen LogP contribution in [-0.4, -0.2) is 0 Å². The van der Waals surface area contributed by atoms with Crippen molar-refractivity contribution in [2.24, 2.45) is 0 Å². The van der Waals surface area contributed by atoms with Crippen molar-refractivity contribution in [3.05, 3.63) is 63.9 Å². The van der Waals surface area contributed by atoms with Crippen molar-refractivity contribution in [1.29, 1.82) is 5.26 Å². The van der Waals surface area contributed by atoms with Crippen LogP contribution in [0.2, 0.25) is 0 Å². The van der Waals surface area contributed by atoms with Gasteiger partial charge in [-0.2, -0.15) is 5.26 Å². The number of hydrogen-bond acceptors (Lipinski definition) is 2. The minimum atomic E-state index is -0.263. The maximum absolute atomic E-state index is 13.1. The molecule has 0 atom stereocenters. The second-order valence-corrected chi connectivity index (χ2v) is 4.64. The van der Waals surface area contributed by atoms with Crippen LogP contribution in [0.5, 0.6) is 0 Å². The number of rotatable bonds is 3. The van der Waals surface area contributed by atoms with Crippen molar-refractivity contribution in [3.8, 4) is 6.07 Å². The maximum Gasteiger partial charge on any atom is 0.123 e. The van der Waals surface area contributed by atoms with E-state index >= 15 is 0 Å². The molecule has 2 aromatic carbocycles. The zero-order valence-electron chi connectivity index (χ0n) is 9.45. The minimum absolute atomic E-state index is 0.263. The standard InChI is InChI=1S/C14H10BrFN2/c15-14-5-4-12(16)7-11(14)9-18-13-3-1-2-10(6-13)8-17/h1-7,18H,9H2. The Labute approximate surface area is 113 Å². The Balaban J connectivity index is 2.11. The number of hydrogen-bond donors (Lipinski definition) is 1. The predicted molar refractivity (Wildman–Crippen MR) is 72.6 cm³/mol. The predicted octanol–water partition coefficient (Wildman–Crippen LogP) is 4.07. The van der Waals surface area contributed by atoms with Gasteiger partial charge in [-0.05, 0) is 42.0 Å². The lowest BCUT2D eigenvalue weighted by Gasteiger charge is -2.08. The zero-order chi connectivity index (χ0) is 13.0. The first kappa shape index (κ1) is 12.6. The van der Waals surface area contributed by atoms with E-state index in [1.807, 2.05) is 12.1 Å². The average Bonchev–Trinajstić information content (AvgIpc) is 2.40. The van der Waals surface area contributed by atoms with Crippen LogP contribution in [0, 0.1) is 17.1 Å². The summed E-state index contributed by atoms with van der Waals surface area (Å²) in [6.07, 6.45) is 0. The number of nitrogens with one attached hydrogen (secondary N) is 1. The number of anilines is 1. The Morgan fingerprint density at radius 1 is 1.22 bits per heavy atom. The van der Waals surface area contributed by atoms with Gasteiger partial charge in [-0.25, -0.2) is 4.39 Å². The molecule has 0 spiro atoms. The molecule has 2 nitrogen and oxygen atoms in total. The van der Waals surface area contributed by atoms with Gasteiger partial charge in [0.2, 0.25) is 0 Å². The molecule has 0 aliphatic rings. The van der Waals surface area contributed by atoms with Crippen LogP contribution in [0.1, 0.15) is 11.1 Å². The van der Waals surface area contributed by atoms with Gasteiger partial charge >= 0.3 is 0 Å². The van der Waals surface area contributed by atoms with Gasteiger partial charge in [-0.1, -0.05) is 22.0 Å². The van der Waals surface area contributed by atoms with Crippen LogP contribution in [0.15, 0.2) is 46.9 Å². The first-order valence-corrected chi connectivity index (χ1v) is 6.16. The summed E-state index contributed by atoms with van der Waals surface area (Å²) in [6.45, 7) is 0.493. The summed E-state index contributed by atoms with van der Waals surface area (Å²) in [7, 11) is 0. The highest BCUT2D eigenvalue weighted by molar-refractivity contribution is 9.10. The van der Waals surface area contributed by atoms with E-state index in [9.17, 15) is 4.39 Å². The average molecular weight is 305 g/mol. The molecular weight excluding hydrogens is 295 g/mol. The van der Waals surface area contributed by atoms with E-state index in [-0.39, 0.29) is 5.82 Å². The summed E-state index contributed by atoms with van der Waals surface area (Å²) in [4.78, 5) is 0. The molecule has 0 unspecified atom stereocenters. The first-order valence-electron chi connectivity index (χ1n) is 5.37. The molecule has 1 N–H and O–H groups in total. The molecule has 0 aliphatic carbocycles. The second kappa shape index (κ2) is 5.65. The summed E-state index contributed by atoms with van der Waals surface area (Å²) in [5, 5.41) is 11.9. The van der Waals surface area contributed by atoms with E-state index in [2.05, 4.69) is 27.3 Å². The van der Waals surface area contributed by atoms with Crippen LogP contribution in [-0.2, 0) is 6.54 Å². The molecule has 0 amide bonds. The lowest BCUT2D eigenvalue weighted by molar-refractivity contribution is 0.625. The molecule has 18 heavy (non-hydrogen) atoms. The van der Waals surface area contributed by atoms with Gasteiger partial charge in [0, 0.05) is 16.7 Å². The molecule has 0 fully saturated rings. The lowest BCUT2D eigenvalue weighted by Crippen LogP contribution is -2.00. The fraction of sp³-hybridized carbons (Fsp3) is 0.0714. The fourth-order valence-electron chi connectivity index (χ4n) is 1.57.